The molecule has 0 heterocycles. The van der Waals surface area contributed by atoms with Crippen molar-refractivity contribution >= 4 is 17.6 Å². The first-order valence-corrected chi connectivity index (χ1v) is 8.17. The van der Waals surface area contributed by atoms with E-state index in [9.17, 15) is 0 Å². The minimum absolute atomic E-state index is 0.0301. The van der Waals surface area contributed by atoms with Crippen molar-refractivity contribution in [2.75, 3.05) is 26.3 Å². The van der Waals surface area contributed by atoms with Crippen LogP contribution in [0.2, 0.25) is 5.02 Å². The molecular weight excluding hydrogens is 298 g/mol. The van der Waals surface area contributed by atoms with Crippen molar-refractivity contribution in [3.05, 3.63) is 34.9 Å². The van der Waals surface area contributed by atoms with Crippen molar-refractivity contribution in [3.63, 3.8) is 0 Å². The number of nitrogens with two attached hydrogens (primary N) is 1. The van der Waals surface area contributed by atoms with Gasteiger partial charge in [0.1, 0.15) is 0 Å². The zero-order valence-corrected chi connectivity index (χ0v) is 14.6. The summed E-state index contributed by atoms with van der Waals surface area (Å²) in [6.45, 7) is 9.30. The van der Waals surface area contributed by atoms with E-state index in [-0.39, 0.29) is 5.41 Å². The number of ether oxygens (including phenoxy) is 1. The lowest BCUT2D eigenvalue weighted by molar-refractivity contribution is 0.145. The van der Waals surface area contributed by atoms with Crippen LogP contribution in [-0.4, -0.2) is 32.3 Å². The Hall–Kier alpha value is -1.26. The number of guanidine groups is 1. The standard InChI is InChI=1S/C17H28ClN3O/c1-4-22-10-6-9-20-16(19)21-13-17(2,3)12-14-7-5-8-15(18)11-14/h5,7-8,11H,4,6,9-10,12-13H2,1-3H3,(H3,19,20,21). The first-order chi connectivity index (χ1) is 10.4. The first kappa shape index (κ1) is 18.8. The number of rotatable bonds is 9. The van der Waals surface area contributed by atoms with Crippen LogP contribution in [0.4, 0.5) is 0 Å². The molecule has 5 heteroatoms. The molecule has 0 radical (unpaired) electrons. The summed E-state index contributed by atoms with van der Waals surface area (Å²) in [4.78, 5) is 4.44. The van der Waals surface area contributed by atoms with Gasteiger partial charge in [-0.1, -0.05) is 37.6 Å². The third-order valence-electron chi connectivity index (χ3n) is 3.22. The molecule has 0 aliphatic carbocycles. The SMILES string of the molecule is CCOCCCNC(N)=NCC(C)(C)Cc1cccc(Cl)c1. The molecule has 0 saturated heterocycles. The molecule has 4 nitrogen and oxygen atoms in total. The van der Waals surface area contributed by atoms with Crippen LogP contribution in [0.25, 0.3) is 0 Å². The van der Waals surface area contributed by atoms with Gasteiger partial charge in [0.15, 0.2) is 5.96 Å². The third kappa shape index (κ3) is 8.25. The second-order valence-electron chi connectivity index (χ2n) is 6.15. The molecule has 1 aromatic carbocycles. The quantitative estimate of drug-likeness (QED) is 0.416. The van der Waals surface area contributed by atoms with Gasteiger partial charge in [-0.3, -0.25) is 4.99 Å². The van der Waals surface area contributed by atoms with Crippen molar-refractivity contribution in [1.29, 1.82) is 0 Å². The number of aliphatic imine (C=N–C) groups is 1. The maximum absolute atomic E-state index is 6.03. The molecule has 0 amide bonds. The first-order valence-electron chi connectivity index (χ1n) is 7.79. The second-order valence-corrected chi connectivity index (χ2v) is 6.59. The third-order valence-corrected chi connectivity index (χ3v) is 3.46. The molecule has 0 bridgehead atoms. The van der Waals surface area contributed by atoms with Gasteiger partial charge in [-0.05, 0) is 42.9 Å². The van der Waals surface area contributed by atoms with E-state index in [0.29, 0.717) is 12.5 Å². The van der Waals surface area contributed by atoms with Crippen molar-refractivity contribution in [1.82, 2.24) is 5.32 Å². The van der Waals surface area contributed by atoms with Gasteiger partial charge in [0, 0.05) is 31.3 Å². The van der Waals surface area contributed by atoms with Gasteiger partial charge in [-0.25, -0.2) is 0 Å². The van der Waals surface area contributed by atoms with E-state index in [0.717, 1.165) is 37.6 Å². The predicted octanol–water partition coefficient (Wildman–Crippen LogP) is 3.24. The zero-order chi connectivity index (χ0) is 16.4. The Balaban J connectivity index is 2.38. The normalized spacial score (nSPS) is 12.5. The number of hydrogen-bond acceptors (Lipinski definition) is 2. The fourth-order valence-electron chi connectivity index (χ4n) is 2.15. The molecule has 0 aliphatic rings. The molecule has 1 rings (SSSR count). The maximum atomic E-state index is 6.03. The molecule has 0 unspecified atom stereocenters. The van der Waals surface area contributed by atoms with Crippen LogP contribution < -0.4 is 11.1 Å². The highest BCUT2D eigenvalue weighted by atomic mass is 35.5. The lowest BCUT2D eigenvalue weighted by atomic mass is 9.86. The molecule has 3 N–H and O–H groups in total. The number of nitrogens with one attached hydrogen (secondary N) is 1. The van der Waals surface area contributed by atoms with E-state index < -0.39 is 0 Å². The number of nitrogens with zero attached hydrogens (tertiary/aromatic N) is 1. The highest BCUT2D eigenvalue weighted by Crippen LogP contribution is 2.23. The Kier molecular flexibility index (Phi) is 8.28. The van der Waals surface area contributed by atoms with Crippen LogP contribution >= 0.6 is 11.6 Å². The number of halogens is 1. The van der Waals surface area contributed by atoms with Crippen molar-refractivity contribution in [2.24, 2.45) is 16.1 Å². The summed E-state index contributed by atoms with van der Waals surface area (Å²) >= 11 is 6.03. The topological polar surface area (TPSA) is 59.6 Å². The minimum atomic E-state index is 0.0301. The molecule has 1 aromatic rings. The number of benzene rings is 1. The summed E-state index contributed by atoms with van der Waals surface area (Å²) < 4.78 is 5.27. The van der Waals surface area contributed by atoms with Crippen LogP contribution in [0.1, 0.15) is 32.8 Å². The fourth-order valence-corrected chi connectivity index (χ4v) is 2.36. The van der Waals surface area contributed by atoms with Crippen LogP contribution in [0.5, 0.6) is 0 Å². The van der Waals surface area contributed by atoms with Gasteiger partial charge in [-0.15, -0.1) is 0 Å². The van der Waals surface area contributed by atoms with Gasteiger partial charge in [0.05, 0.1) is 0 Å². The summed E-state index contributed by atoms with van der Waals surface area (Å²) in [5.74, 6) is 0.496. The summed E-state index contributed by atoms with van der Waals surface area (Å²) in [6.07, 6.45) is 1.84. The van der Waals surface area contributed by atoms with Gasteiger partial charge >= 0.3 is 0 Å². The average molecular weight is 326 g/mol. The molecular formula is C17H28ClN3O. The Bertz CT molecular complexity index is 475. The van der Waals surface area contributed by atoms with E-state index >= 15 is 0 Å². The zero-order valence-electron chi connectivity index (χ0n) is 13.9. The average Bonchev–Trinajstić information content (AvgIpc) is 2.44. The monoisotopic (exact) mass is 325 g/mol. The maximum Gasteiger partial charge on any atom is 0.188 e. The summed E-state index contributed by atoms with van der Waals surface area (Å²) in [5, 5.41) is 3.88. The number of hydrogen-bond donors (Lipinski definition) is 2. The Morgan fingerprint density at radius 3 is 2.86 bits per heavy atom. The van der Waals surface area contributed by atoms with Gasteiger partial charge < -0.3 is 15.8 Å². The van der Waals surface area contributed by atoms with Crippen LogP contribution in [0.15, 0.2) is 29.3 Å². The highest BCUT2D eigenvalue weighted by molar-refractivity contribution is 6.30. The van der Waals surface area contributed by atoms with E-state index in [4.69, 9.17) is 22.1 Å². The molecule has 0 aromatic heterocycles. The summed E-state index contributed by atoms with van der Waals surface area (Å²) in [5.41, 5.74) is 7.14. The fraction of sp³-hybridized carbons (Fsp3) is 0.588. The van der Waals surface area contributed by atoms with Crippen LogP contribution in [0, 0.1) is 5.41 Å². The van der Waals surface area contributed by atoms with Crippen molar-refractivity contribution in [2.45, 2.75) is 33.6 Å². The van der Waals surface area contributed by atoms with Gasteiger partial charge in [0.25, 0.3) is 0 Å². The highest BCUT2D eigenvalue weighted by Gasteiger charge is 2.18. The molecule has 0 aliphatic heterocycles. The van der Waals surface area contributed by atoms with Crippen LogP contribution in [-0.2, 0) is 11.2 Å². The molecule has 0 atom stereocenters. The van der Waals surface area contributed by atoms with Gasteiger partial charge in [-0.2, -0.15) is 0 Å². The smallest absolute Gasteiger partial charge is 0.188 e. The largest absolute Gasteiger partial charge is 0.382 e. The Morgan fingerprint density at radius 1 is 1.41 bits per heavy atom. The Labute approximate surface area is 139 Å². The second kappa shape index (κ2) is 9.70. The van der Waals surface area contributed by atoms with E-state index in [1.165, 1.54) is 5.56 Å². The lowest BCUT2D eigenvalue weighted by Crippen LogP contribution is -2.34. The minimum Gasteiger partial charge on any atom is -0.382 e. The van der Waals surface area contributed by atoms with E-state index in [2.05, 4.69) is 30.2 Å². The van der Waals surface area contributed by atoms with E-state index in [1.54, 1.807) is 0 Å². The summed E-state index contributed by atoms with van der Waals surface area (Å²) in [6, 6.07) is 7.96. The van der Waals surface area contributed by atoms with Crippen LogP contribution in [0.3, 0.4) is 0 Å². The molecule has 124 valence electrons. The van der Waals surface area contributed by atoms with E-state index in [1.807, 2.05) is 25.1 Å². The summed E-state index contributed by atoms with van der Waals surface area (Å²) in [7, 11) is 0. The molecule has 0 fully saturated rings. The lowest BCUT2D eigenvalue weighted by Gasteiger charge is -2.23. The molecule has 0 saturated carbocycles. The Morgan fingerprint density at radius 2 is 2.18 bits per heavy atom. The predicted molar refractivity (Wildman–Crippen MR) is 94.5 cm³/mol. The van der Waals surface area contributed by atoms with Gasteiger partial charge in [0.2, 0.25) is 0 Å². The molecule has 0 spiro atoms. The molecule has 22 heavy (non-hydrogen) atoms. The van der Waals surface area contributed by atoms with Crippen molar-refractivity contribution in [3.8, 4) is 0 Å². The van der Waals surface area contributed by atoms with Crippen molar-refractivity contribution < 1.29 is 4.74 Å².